The molecule has 3 heterocycles. The van der Waals surface area contributed by atoms with Crippen molar-refractivity contribution < 1.29 is 9.13 Å². The van der Waals surface area contributed by atoms with Gasteiger partial charge in [0.25, 0.3) is 0 Å². The fraction of sp³-hybridized carbons (Fsp3) is 0.387. The monoisotopic (exact) mass is 573 g/mol. The second-order valence-electron chi connectivity index (χ2n) is 10.8. The number of hydrogen-bond acceptors (Lipinski definition) is 8. The predicted molar refractivity (Wildman–Crippen MR) is 162 cm³/mol. The van der Waals surface area contributed by atoms with Crippen molar-refractivity contribution in [1.82, 2.24) is 24.6 Å². The Bertz CT molecular complexity index is 1510. The molecule has 2 aromatic heterocycles. The summed E-state index contributed by atoms with van der Waals surface area (Å²) in [7, 11) is 3.97. The van der Waals surface area contributed by atoms with Crippen molar-refractivity contribution in [3.8, 4) is 22.9 Å². The number of likely N-dealkylation sites (N-methyl/N-ethyl adjacent to an activating group) is 1. The molecule has 1 saturated carbocycles. The molecule has 214 valence electrons. The number of piperazine rings is 1. The maximum absolute atomic E-state index is 15.9. The Labute approximate surface area is 245 Å². The summed E-state index contributed by atoms with van der Waals surface area (Å²) < 4.78 is 27.3. The summed E-state index contributed by atoms with van der Waals surface area (Å²) in [5.74, 6) is 1.09. The number of nitrogens with zero attached hydrogens (tertiary/aromatic N) is 6. The highest BCUT2D eigenvalue weighted by atomic mass is 32.2. The normalized spacial score (nSPS) is 16.0. The molecule has 0 spiro atoms. The molecule has 2 aromatic carbocycles. The fourth-order valence-corrected chi connectivity index (χ4v) is 6.06. The van der Waals surface area contributed by atoms with Crippen LogP contribution in [0.3, 0.4) is 0 Å². The molecule has 1 N–H and O–H groups in total. The maximum Gasteiger partial charge on any atom is 0.237 e. The highest BCUT2D eigenvalue weighted by Crippen LogP contribution is 2.43. The first-order valence-corrected chi connectivity index (χ1v) is 15.1. The van der Waals surface area contributed by atoms with Gasteiger partial charge in [0.1, 0.15) is 0 Å². The summed E-state index contributed by atoms with van der Waals surface area (Å²) >= 11 is 1.38. The number of halogens is 1. The first-order chi connectivity index (χ1) is 20.0. The van der Waals surface area contributed by atoms with Crippen molar-refractivity contribution in [2.45, 2.75) is 43.4 Å². The van der Waals surface area contributed by atoms with Crippen LogP contribution < -0.4 is 14.4 Å². The lowest BCUT2D eigenvalue weighted by molar-refractivity contribution is 0.311. The van der Waals surface area contributed by atoms with E-state index in [2.05, 4.69) is 57.9 Å². The molecule has 1 aliphatic carbocycles. The maximum atomic E-state index is 15.9. The molecule has 41 heavy (non-hydrogen) atoms. The SMILES string of the molecule is CCc1c(Oc2cccc(N3CCN(C)CC3)c2F)nc(NSc2cnn(C)c2)nc1-c1ccccc1C1CCC1. The van der Waals surface area contributed by atoms with Gasteiger partial charge in [-0.05, 0) is 61.9 Å². The third-order valence-corrected chi connectivity index (χ3v) is 8.75. The van der Waals surface area contributed by atoms with Crippen molar-refractivity contribution in [2.24, 2.45) is 7.05 Å². The van der Waals surface area contributed by atoms with Gasteiger partial charge in [-0.2, -0.15) is 10.1 Å². The summed E-state index contributed by atoms with van der Waals surface area (Å²) in [6, 6.07) is 13.8. The van der Waals surface area contributed by atoms with Crippen LogP contribution in [0.4, 0.5) is 16.0 Å². The topological polar surface area (TPSA) is 71.3 Å². The van der Waals surface area contributed by atoms with E-state index in [0.717, 1.165) is 47.9 Å². The van der Waals surface area contributed by atoms with E-state index in [1.165, 1.54) is 36.8 Å². The molecule has 4 aromatic rings. The molecule has 0 unspecified atom stereocenters. The van der Waals surface area contributed by atoms with Crippen molar-refractivity contribution in [1.29, 1.82) is 0 Å². The van der Waals surface area contributed by atoms with E-state index in [-0.39, 0.29) is 11.6 Å². The van der Waals surface area contributed by atoms with Crippen LogP contribution >= 0.6 is 11.9 Å². The zero-order chi connectivity index (χ0) is 28.3. The molecule has 0 bridgehead atoms. The molecule has 0 amide bonds. The first kappa shape index (κ1) is 27.5. The van der Waals surface area contributed by atoms with Crippen LogP contribution in [-0.2, 0) is 13.5 Å². The van der Waals surface area contributed by atoms with Gasteiger partial charge >= 0.3 is 0 Å². The van der Waals surface area contributed by atoms with Gasteiger partial charge in [0.15, 0.2) is 11.6 Å². The van der Waals surface area contributed by atoms with E-state index < -0.39 is 0 Å². The van der Waals surface area contributed by atoms with E-state index in [9.17, 15) is 0 Å². The Kier molecular flexibility index (Phi) is 8.11. The summed E-state index contributed by atoms with van der Waals surface area (Å²) in [6.07, 6.45) is 7.94. The van der Waals surface area contributed by atoms with Gasteiger partial charge in [-0.1, -0.05) is 43.7 Å². The Morgan fingerprint density at radius 1 is 1.02 bits per heavy atom. The number of nitrogens with one attached hydrogen (secondary N) is 1. The van der Waals surface area contributed by atoms with Gasteiger partial charge in [-0.3, -0.25) is 9.40 Å². The standard InChI is InChI=1S/C31H36FN7OS/c1-4-23-29(25-12-6-5-11-24(25)21-9-7-10-21)34-31(36-41-22-19-33-38(3)20-22)35-30(23)40-27-14-8-13-26(28(27)32)39-17-15-37(2)16-18-39/h5-6,8,11-14,19-21H,4,7,9-10,15-18H2,1-3H3,(H,34,35,36). The van der Waals surface area contributed by atoms with Crippen LogP contribution in [0.5, 0.6) is 11.6 Å². The minimum absolute atomic E-state index is 0.166. The molecule has 0 atom stereocenters. The third-order valence-electron chi connectivity index (χ3n) is 8.02. The zero-order valence-electron chi connectivity index (χ0n) is 23.8. The van der Waals surface area contributed by atoms with E-state index in [0.29, 0.717) is 29.9 Å². The predicted octanol–water partition coefficient (Wildman–Crippen LogP) is 6.51. The molecule has 8 nitrogen and oxygen atoms in total. The highest BCUT2D eigenvalue weighted by molar-refractivity contribution is 8.00. The number of aromatic nitrogens is 4. The van der Waals surface area contributed by atoms with Crippen LogP contribution in [0.25, 0.3) is 11.3 Å². The van der Waals surface area contributed by atoms with Crippen LogP contribution in [0.15, 0.2) is 59.8 Å². The van der Waals surface area contributed by atoms with Crippen LogP contribution in [0.2, 0.25) is 0 Å². The number of ether oxygens (including phenoxy) is 1. The Morgan fingerprint density at radius 2 is 1.83 bits per heavy atom. The number of aryl methyl sites for hydroxylation is 1. The van der Waals surface area contributed by atoms with Crippen molar-refractivity contribution >= 4 is 23.6 Å². The molecule has 2 fully saturated rings. The summed E-state index contributed by atoms with van der Waals surface area (Å²) in [5, 5.41) is 4.24. The average Bonchev–Trinajstić information content (AvgIpc) is 3.38. The highest BCUT2D eigenvalue weighted by Gasteiger charge is 2.26. The van der Waals surface area contributed by atoms with E-state index in [4.69, 9.17) is 14.7 Å². The van der Waals surface area contributed by atoms with E-state index >= 15 is 4.39 Å². The fourth-order valence-electron chi connectivity index (χ4n) is 5.45. The Hall–Kier alpha value is -3.63. The molecule has 1 saturated heterocycles. The van der Waals surface area contributed by atoms with Crippen LogP contribution in [0, 0.1) is 5.82 Å². The van der Waals surface area contributed by atoms with Gasteiger partial charge < -0.3 is 14.5 Å². The first-order valence-electron chi connectivity index (χ1n) is 14.3. The number of hydrogen-bond donors (Lipinski definition) is 1. The summed E-state index contributed by atoms with van der Waals surface area (Å²) in [6.45, 7) is 5.39. The second-order valence-corrected chi connectivity index (χ2v) is 11.7. The van der Waals surface area contributed by atoms with Gasteiger partial charge in [0.05, 0.1) is 22.5 Å². The van der Waals surface area contributed by atoms with Crippen molar-refractivity contribution in [3.63, 3.8) is 0 Å². The van der Waals surface area contributed by atoms with Gasteiger partial charge in [0, 0.05) is 50.6 Å². The van der Waals surface area contributed by atoms with E-state index in [1.54, 1.807) is 16.9 Å². The van der Waals surface area contributed by atoms with Gasteiger partial charge in [-0.15, -0.1) is 0 Å². The minimum atomic E-state index is -0.367. The minimum Gasteiger partial charge on any atom is -0.435 e. The van der Waals surface area contributed by atoms with Crippen LogP contribution in [0.1, 0.15) is 43.2 Å². The molecular weight excluding hydrogens is 537 g/mol. The smallest absolute Gasteiger partial charge is 0.237 e. The molecule has 0 radical (unpaired) electrons. The molecule has 10 heteroatoms. The molecule has 1 aliphatic heterocycles. The Balaban J connectivity index is 1.39. The summed E-state index contributed by atoms with van der Waals surface area (Å²) in [5.41, 5.74) is 4.63. The lowest BCUT2D eigenvalue weighted by Crippen LogP contribution is -2.44. The average molecular weight is 574 g/mol. The third kappa shape index (κ3) is 5.90. The molecular formula is C31H36FN7OS. The Morgan fingerprint density at radius 3 is 2.54 bits per heavy atom. The summed E-state index contributed by atoms with van der Waals surface area (Å²) in [4.78, 5) is 15.0. The quantitative estimate of drug-likeness (QED) is 0.227. The lowest BCUT2D eigenvalue weighted by atomic mass is 9.77. The van der Waals surface area contributed by atoms with Crippen LogP contribution in [-0.4, -0.2) is 57.9 Å². The zero-order valence-corrected chi connectivity index (χ0v) is 24.6. The van der Waals surface area contributed by atoms with E-state index in [1.807, 2.05) is 25.4 Å². The number of benzene rings is 2. The van der Waals surface area contributed by atoms with Crippen molar-refractivity contribution in [3.05, 3.63) is 71.8 Å². The molecule has 2 aliphatic rings. The number of anilines is 2. The second kappa shape index (κ2) is 12.1. The van der Waals surface area contributed by atoms with Crippen molar-refractivity contribution in [2.75, 3.05) is 42.8 Å². The lowest BCUT2D eigenvalue weighted by Gasteiger charge is -2.34. The van der Waals surface area contributed by atoms with Gasteiger partial charge in [0.2, 0.25) is 11.8 Å². The number of rotatable bonds is 9. The molecule has 6 rings (SSSR count). The van der Waals surface area contributed by atoms with Gasteiger partial charge in [-0.25, -0.2) is 9.37 Å². The largest absolute Gasteiger partial charge is 0.435 e.